The van der Waals surface area contributed by atoms with Crippen molar-refractivity contribution in [2.75, 3.05) is 13.7 Å². The summed E-state index contributed by atoms with van der Waals surface area (Å²) >= 11 is 0. The Balaban J connectivity index is 1.50. The van der Waals surface area contributed by atoms with Crippen LogP contribution in [0.2, 0.25) is 0 Å². The SMILES string of the molecule is COCCCc1ccc(-c2ccc3c(F)c(CCc4ccc(OC(F)F)c(F)c4)ccc3c2)c(F)c1. The van der Waals surface area contributed by atoms with Crippen molar-refractivity contribution in [2.45, 2.75) is 32.3 Å². The topological polar surface area (TPSA) is 18.5 Å². The summed E-state index contributed by atoms with van der Waals surface area (Å²) in [5.41, 5.74) is 2.96. The van der Waals surface area contributed by atoms with E-state index in [4.69, 9.17) is 4.74 Å². The van der Waals surface area contributed by atoms with Gasteiger partial charge in [0, 0.05) is 24.7 Å². The number of hydrogen-bond donors (Lipinski definition) is 0. The lowest BCUT2D eigenvalue weighted by Gasteiger charge is -2.11. The van der Waals surface area contributed by atoms with Gasteiger partial charge in [-0.25, -0.2) is 13.2 Å². The molecule has 0 amide bonds. The molecule has 0 aromatic heterocycles. The van der Waals surface area contributed by atoms with Crippen molar-refractivity contribution in [1.82, 2.24) is 0 Å². The molecule has 0 radical (unpaired) electrons. The first-order valence-electron chi connectivity index (χ1n) is 11.6. The van der Waals surface area contributed by atoms with Gasteiger partial charge in [0.2, 0.25) is 0 Å². The van der Waals surface area contributed by atoms with Crippen LogP contribution in [-0.4, -0.2) is 20.3 Å². The van der Waals surface area contributed by atoms with Gasteiger partial charge in [0.1, 0.15) is 11.6 Å². The van der Waals surface area contributed by atoms with Gasteiger partial charge in [-0.2, -0.15) is 8.78 Å². The van der Waals surface area contributed by atoms with E-state index in [-0.39, 0.29) is 12.2 Å². The van der Waals surface area contributed by atoms with Crippen LogP contribution in [0.3, 0.4) is 0 Å². The lowest BCUT2D eigenvalue weighted by molar-refractivity contribution is -0.0522. The van der Waals surface area contributed by atoms with Crippen LogP contribution in [-0.2, 0) is 24.0 Å². The number of alkyl halides is 2. The largest absolute Gasteiger partial charge is 0.432 e. The molecule has 0 saturated heterocycles. The average Bonchev–Trinajstić information content (AvgIpc) is 2.85. The van der Waals surface area contributed by atoms with Gasteiger partial charge in [0.05, 0.1) is 0 Å². The fraction of sp³-hybridized carbons (Fsp3) is 0.241. The zero-order chi connectivity index (χ0) is 25.7. The van der Waals surface area contributed by atoms with Crippen LogP contribution in [0.4, 0.5) is 22.0 Å². The number of aryl methyl sites for hydroxylation is 3. The molecule has 0 aliphatic rings. The molecule has 4 rings (SSSR count). The van der Waals surface area contributed by atoms with Crippen molar-refractivity contribution in [1.29, 1.82) is 0 Å². The highest BCUT2D eigenvalue weighted by molar-refractivity contribution is 5.88. The molecule has 0 heterocycles. The Kier molecular flexibility index (Phi) is 8.21. The Morgan fingerprint density at radius 1 is 0.750 bits per heavy atom. The van der Waals surface area contributed by atoms with E-state index in [1.165, 1.54) is 12.1 Å². The molecule has 0 spiro atoms. The number of benzene rings is 4. The predicted octanol–water partition coefficient (Wildman–Crippen LogP) is 7.89. The Bertz CT molecular complexity index is 1350. The maximum absolute atomic E-state index is 15.2. The minimum atomic E-state index is -3.11. The molecule has 4 aromatic rings. The van der Waals surface area contributed by atoms with Crippen molar-refractivity contribution in [3.63, 3.8) is 0 Å². The van der Waals surface area contributed by atoms with E-state index < -0.39 is 24.0 Å². The van der Waals surface area contributed by atoms with Crippen LogP contribution >= 0.6 is 0 Å². The number of fused-ring (bicyclic) bond motifs is 1. The molecule has 2 nitrogen and oxygen atoms in total. The molecule has 0 bridgehead atoms. The van der Waals surface area contributed by atoms with Gasteiger partial charge < -0.3 is 9.47 Å². The molecule has 4 aromatic carbocycles. The maximum Gasteiger partial charge on any atom is 0.387 e. The van der Waals surface area contributed by atoms with Crippen LogP contribution in [0, 0.1) is 17.5 Å². The quantitative estimate of drug-likeness (QED) is 0.163. The summed E-state index contributed by atoms with van der Waals surface area (Å²) in [4.78, 5) is 0. The van der Waals surface area contributed by atoms with Crippen LogP contribution in [0.5, 0.6) is 5.75 Å². The number of ether oxygens (including phenoxy) is 2. The maximum atomic E-state index is 15.2. The van der Waals surface area contributed by atoms with E-state index in [1.54, 1.807) is 43.5 Å². The monoisotopic (exact) mass is 500 g/mol. The van der Waals surface area contributed by atoms with Crippen LogP contribution in [0.25, 0.3) is 21.9 Å². The highest BCUT2D eigenvalue weighted by Crippen LogP contribution is 2.30. The summed E-state index contributed by atoms with van der Waals surface area (Å²) in [6.45, 7) is -2.50. The summed E-state index contributed by atoms with van der Waals surface area (Å²) in [5.74, 6) is -2.15. The Labute approximate surface area is 206 Å². The molecule has 0 atom stereocenters. The van der Waals surface area contributed by atoms with Gasteiger partial charge in [0.15, 0.2) is 11.6 Å². The van der Waals surface area contributed by atoms with E-state index in [9.17, 15) is 17.6 Å². The van der Waals surface area contributed by atoms with E-state index in [2.05, 4.69) is 4.74 Å². The molecule has 0 aliphatic carbocycles. The Hall–Kier alpha value is -3.45. The third-order valence-electron chi connectivity index (χ3n) is 6.09. The standard InChI is InChI=1S/C29H25F5O2/c1-35-14-2-3-18-5-11-23(25(30)15-18)21-10-12-24-22(17-21)9-8-20(28(24)32)7-4-19-6-13-27(26(31)16-19)36-29(33)34/h5-6,8-13,15-17,29H,2-4,7,14H2,1H3. The molecule has 0 unspecified atom stereocenters. The zero-order valence-electron chi connectivity index (χ0n) is 19.7. The van der Waals surface area contributed by atoms with Crippen molar-refractivity contribution in [2.24, 2.45) is 0 Å². The summed E-state index contributed by atoms with van der Waals surface area (Å²) in [7, 11) is 1.63. The van der Waals surface area contributed by atoms with E-state index >= 15 is 4.39 Å². The first-order chi connectivity index (χ1) is 17.4. The number of rotatable bonds is 10. The molecule has 36 heavy (non-hydrogen) atoms. The van der Waals surface area contributed by atoms with Gasteiger partial charge in [-0.1, -0.05) is 42.5 Å². The van der Waals surface area contributed by atoms with Gasteiger partial charge >= 0.3 is 6.61 Å². The third-order valence-corrected chi connectivity index (χ3v) is 6.09. The zero-order valence-corrected chi connectivity index (χ0v) is 19.7. The summed E-state index contributed by atoms with van der Waals surface area (Å²) in [6, 6.07) is 17.4. The van der Waals surface area contributed by atoms with Crippen molar-refractivity contribution < 1.29 is 31.4 Å². The molecule has 7 heteroatoms. The summed E-state index contributed by atoms with van der Waals surface area (Å²) < 4.78 is 77.7. The molecule has 0 fully saturated rings. The Morgan fingerprint density at radius 3 is 2.22 bits per heavy atom. The first kappa shape index (κ1) is 25.6. The van der Waals surface area contributed by atoms with Crippen LogP contribution < -0.4 is 4.74 Å². The van der Waals surface area contributed by atoms with E-state index in [0.29, 0.717) is 46.1 Å². The van der Waals surface area contributed by atoms with Crippen LogP contribution in [0.15, 0.2) is 66.7 Å². The summed E-state index contributed by atoms with van der Waals surface area (Å²) in [6.07, 6.45) is 2.13. The van der Waals surface area contributed by atoms with Gasteiger partial charge in [-0.3, -0.25) is 0 Å². The minimum Gasteiger partial charge on any atom is -0.432 e. The van der Waals surface area contributed by atoms with Crippen molar-refractivity contribution in [3.05, 3.63) is 101 Å². The normalized spacial score (nSPS) is 11.4. The molecular formula is C29H25F5O2. The molecule has 0 N–H and O–H groups in total. The van der Waals surface area contributed by atoms with Crippen LogP contribution in [0.1, 0.15) is 23.1 Å². The van der Waals surface area contributed by atoms with E-state index in [1.807, 2.05) is 6.07 Å². The fourth-order valence-corrected chi connectivity index (χ4v) is 4.24. The second kappa shape index (κ2) is 11.5. The highest BCUT2D eigenvalue weighted by Gasteiger charge is 2.13. The lowest BCUT2D eigenvalue weighted by atomic mass is 9.96. The molecule has 0 saturated carbocycles. The molecule has 0 aliphatic heterocycles. The number of methoxy groups -OCH3 is 1. The second-order valence-corrected chi connectivity index (χ2v) is 8.53. The first-order valence-corrected chi connectivity index (χ1v) is 11.6. The minimum absolute atomic E-state index is 0.289. The summed E-state index contributed by atoms with van der Waals surface area (Å²) in [5, 5.41) is 1.04. The van der Waals surface area contributed by atoms with Gasteiger partial charge in [-0.05, 0) is 77.6 Å². The van der Waals surface area contributed by atoms with Crippen molar-refractivity contribution >= 4 is 10.8 Å². The lowest BCUT2D eigenvalue weighted by Crippen LogP contribution is -2.04. The highest BCUT2D eigenvalue weighted by atomic mass is 19.3. The van der Waals surface area contributed by atoms with Gasteiger partial charge in [-0.15, -0.1) is 0 Å². The second-order valence-electron chi connectivity index (χ2n) is 8.53. The molecular weight excluding hydrogens is 475 g/mol. The molecule has 188 valence electrons. The van der Waals surface area contributed by atoms with Gasteiger partial charge in [0.25, 0.3) is 0 Å². The average molecular weight is 501 g/mol. The van der Waals surface area contributed by atoms with E-state index in [0.717, 1.165) is 30.5 Å². The smallest absolute Gasteiger partial charge is 0.387 e. The predicted molar refractivity (Wildman–Crippen MR) is 130 cm³/mol. The number of hydrogen-bond acceptors (Lipinski definition) is 2. The Morgan fingerprint density at radius 2 is 1.50 bits per heavy atom. The fourth-order valence-electron chi connectivity index (χ4n) is 4.24. The number of halogens is 5. The van der Waals surface area contributed by atoms with Crippen molar-refractivity contribution in [3.8, 4) is 16.9 Å². The third kappa shape index (κ3) is 6.02.